The molecule has 6 rings (SSSR count). The number of ether oxygens (including phenoxy) is 1. The van der Waals surface area contributed by atoms with Crippen molar-refractivity contribution < 1.29 is 4.74 Å². The number of hydrogen-bond acceptors (Lipinski definition) is 7. The number of fused-ring (bicyclic) bond motifs is 2. The van der Waals surface area contributed by atoms with Crippen LogP contribution in [0, 0.1) is 0 Å². The lowest BCUT2D eigenvalue weighted by Gasteiger charge is -2.38. The highest BCUT2D eigenvalue weighted by molar-refractivity contribution is 5.74. The average Bonchev–Trinajstić information content (AvgIpc) is 3.47. The number of rotatable bonds is 6. The van der Waals surface area contributed by atoms with Crippen molar-refractivity contribution in [1.29, 1.82) is 0 Å². The molecule has 0 aliphatic carbocycles. The third-order valence-electron chi connectivity index (χ3n) is 8.21. The first-order valence-electron chi connectivity index (χ1n) is 13.4. The summed E-state index contributed by atoms with van der Waals surface area (Å²) in [4.78, 5) is 18.4. The number of anilines is 4. The van der Waals surface area contributed by atoms with Crippen LogP contribution in [0.1, 0.15) is 38.8 Å². The Bertz CT molecular complexity index is 1400. The van der Waals surface area contributed by atoms with Crippen molar-refractivity contribution in [3.63, 3.8) is 0 Å². The molecular formula is C32H36N6O. The normalized spacial score (nSPS) is 15.0. The van der Waals surface area contributed by atoms with E-state index in [0.29, 0.717) is 0 Å². The molecule has 2 aromatic heterocycles. The summed E-state index contributed by atoms with van der Waals surface area (Å²) in [7, 11) is 4.18. The van der Waals surface area contributed by atoms with Crippen LogP contribution in [0.4, 0.5) is 23.0 Å². The molecule has 0 radical (unpaired) electrons. The van der Waals surface area contributed by atoms with Crippen LogP contribution in [0.25, 0.3) is 0 Å². The van der Waals surface area contributed by atoms with Gasteiger partial charge < -0.3 is 24.3 Å². The van der Waals surface area contributed by atoms with E-state index in [4.69, 9.17) is 4.74 Å². The molecule has 2 aromatic carbocycles. The highest BCUT2D eigenvalue weighted by Crippen LogP contribution is 2.44. The molecule has 0 amide bonds. The third kappa shape index (κ3) is 4.22. The van der Waals surface area contributed by atoms with Gasteiger partial charge >= 0.3 is 0 Å². The maximum Gasteiger partial charge on any atom is 0.153 e. The molecule has 0 saturated carbocycles. The summed E-state index contributed by atoms with van der Waals surface area (Å²) in [5.41, 5.74) is 4.16. The molecule has 0 unspecified atom stereocenters. The summed E-state index contributed by atoms with van der Waals surface area (Å²) < 4.78 is 6.47. The number of hydrogen-bond donors (Lipinski definition) is 0. The van der Waals surface area contributed by atoms with Crippen LogP contribution in [0.5, 0.6) is 11.5 Å². The quantitative estimate of drug-likeness (QED) is 0.285. The van der Waals surface area contributed by atoms with E-state index in [-0.39, 0.29) is 11.1 Å². The van der Waals surface area contributed by atoms with Gasteiger partial charge in [0.25, 0.3) is 0 Å². The van der Waals surface area contributed by atoms with Gasteiger partial charge in [0.1, 0.15) is 11.5 Å². The standard InChI is InChI=1S/C32H36N6O/c1-31(2,37-21-35(5)29-27(37)15-9-17-33-29)23-11-7-13-25(19-23)39-26-14-8-12-24(20-26)32(3,4)38-22-36(6)30-28(38)16-10-18-34-30/h7-20H,21-22H2,1-6H3. The van der Waals surface area contributed by atoms with Crippen molar-refractivity contribution in [1.82, 2.24) is 9.97 Å². The van der Waals surface area contributed by atoms with E-state index in [9.17, 15) is 0 Å². The molecule has 7 heteroatoms. The largest absolute Gasteiger partial charge is 0.457 e. The Balaban J connectivity index is 1.26. The third-order valence-corrected chi connectivity index (χ3v) is 8.21. The molecule has 0 N–H and O–H groups in total. The second-order valence-electron chi connectivity index (χ2n) is 11.5. The molecule has 4 heterocycles. The van der Waals surface area contributed by atoms with Crippen molar-refractivity contribution in [2.24, 2.45) is 0 Å². The van der Waals surface area contributed by atoms with Crippen LogP contribution in [0.15, 0.2) is 85.2 Å². The van der Waals surface area contributed by atoms with Gasteiger partial charge in [-0.2, -0.15) is 0 Å². The zero-order chi connectivity index (χ0) is 27.4. The van der Waals surface area contributed by atoms with E-state index in [1.54, 1.807) is 0 Å². The Morgan fingerprint density at radius 2 is 1.05 bits per heavy atom. The molecule has 0 fully saturated rings. The molecule has 39 heavy (non-hydrogen) atoms. The molecular weight excluding hydrogens is 484 g/mol. The van der Waals surface area contributed by atoms with E-state index in [2.05, 4.69) is 120 Å². The van der Waals surface area contributed by atoms with Crippen LogP contribution in [-0.4, -0.2) is 37.4 Å². The Kier molecular flexibility index (Phi) is 5.90. The summed E-state index contributed by atoms with van der Waals surface area (Å²) in [6.45, 7) is 10.6. The predicted octanol–water partition coefficient (Wildman–Crippen LogP) is 6.57. The number of nitrogens with zero attached hydrogens (tertiary/aromatic N) is 6. The Labute approximate surface area is 231 Å². The maximum atomic E-state index is 6.47. The van der Waals surface area contributed by atoms with Crippen LogP contribution < -0.4 is 24.3 Å². The minimum atomic E-state index is -0.255. The fraction of sp³-hybridized carbons (Fsp3) is 0.312. The molecule has 7 nitrogen and oxygen atoms in total. The molecule has 200 valence electrons. The van der Waals surface area contributed by atoms with Crippen LogP contribution in [-0.2, 0) is 11.1 Å². The van der Waals surface area contributed by atoms with Crippen LogP contribution in [0.2, 0.25) is 0 Å². The summed E-state index contributed by atoms with van der Waals surface area (Å²) in [5.74, 6) is 3.68. The van der Waals surface area contributed by atoms with Gasteiger partial charge in [-0.3, -0.25) is 0 Å². The summed E-state index contributed by atoms with van der Waals surface area (Å²) in [6, 6.07) is 25.2. The van der Waals surface area contributed by atoms with Crippen molar-refractivity contribution in [3.05, 3.63) is 96.3 Å². The average molecular weight is 521 g/mol. The number of benzene rings is 2. The first-order valence-corrected chi connectivity index (χ1v) is 13.4. The van der Waals surface area contributed by atoms with Gasteiger partial charge in [0.2, 0.25) is 0 Å². The fourth-order valence-corrected chi connectivity index (χ4v) is 5.78. The van der Waals surface area contributed by atoms with Gasteiger partial charge in [0.05, 0.1) is 35.8 Å². The first kappa shape index (κ1) is 25.0. The summed E-state index contributed by atoms with van der Waals surface area (Å²) >= 11 is 0. The molecule has 2 aliphatic rings. The van der Waals surface area contributed by atoms with E-state index in [1.807, 2.05) is 36.7 Å². The number of aromatic nitrogens is 2. The van der Waals surface area contributed by atoms with Crippen LogP contribution in [0.3, 0.4) is 0 Å². The first-order chi connectivity index (χ1) is 18.7. The Morgan fingerprint density at radius 3 is 1.49 bits per heavy atom. The van der Waals surface area contributed by atoms with Crippen LogP contribution >= 0.6 is 0 Å². The smallest absolute Gasteiger partial charge is 0.153 e. The van der Waals surface area contributed by atoms with Crippen molar-refractivity contribution >= 4 is 23.0 Å². The molecule has 0 atom stereocenters. The van der Waals surface area contributed by atoms with Gasteiger partial charge in [-0.15, -0.1) is 0 Å². The molecule has 4 aromatic rings. The lowest BCUT2D eigenvalue weighted by Crippen LogP contribution is -2.43. The van der Waals surface area contributed by atoms with E-state index in [0.717, 1.165) is 47.8 Å². The van der Waals surface area contributed by atoms with E-state index < -0.39 is 0 Å². The Hall–Kier alpha value is -4.26. The van der Waals surface area contributed by atoms with Gasteiger partial charge in [-0.25, -0.2) is 9.97 Å². The van der Waals surface area contributed by atoms with Crippen molar-refractivity contribution in [2.75, 3.05) is 47.0 Å². The number of pyridine rings is 2. The fourth-order valence-electron chi connectivity index (χ4n) is 5.78. The molecule has 2 aliphatic heterocycles. The van der Waals surface area contributed by atoms with Crippen molar-refractivity contribution in [3.8, 4) is 11.5 Å². The lowest BCUT2D eigenvalue weighted by atomic mass is 9.91. The zero-order valence-electron chi connectivity index (χ0n) is 23.6. The Morgan fingerprint density at radius 1 is 0.615 bits per heavy atom. The van der Waals surface area contributed by atoms with E-state index >= 15 is 0 Å². The molecule has 0 saturated heterocycles. The molecule has 0 bridgehead atoms. The topological polar surface area (TPSA) is 48.0 Å². The van der Waals surface area contributed by atoms with E-state index in [1.165, 1.54) is 11.1 Å². The minimum Gasteiger partial charge on any atom is -0.457 e. The molecule has 0 spiro atoms. The van der Waals surface area contributed by atoms with Gasteiger partial charge in [0.15, 0.2) is 11.6 Å². The van der Waals surface area contributed by atoms with Crippen molar-refractivity contribution in [2.45, 2.75) is 38.8 Å². The SMILES string of the molecule is CN1CN(C(C)(C)c2cccc(Oc3cccc(C(C)(C)N4CN(C)c5ncccc54)c3)c2)c2cccnc21. The maximum absolute atomic E-state index is 6.47. The predicted molar refractivity (Wildman–Crippen MR) is 159 cm³/mol. The summed E-state index contributed by atoms with van der Waals surface area (Å²) in [5, 5.41) is 0. The second-order valence-corrected chi connectivity index (χ2v) is 11.5. The van der Waals surface area contributed by atoms with Gasteiger partial charge in [-0.05, 0) is 87.4 Å². The highest BCUT2D eigenvalue weighted by Gasteiger charge is 2.38. The monoisotopic (exact) mass is 520 g/mol. The lowest BCUT2D eigenvalue weighted by molar-refractivity contribution is 0.460. The zero-order valence-corrected chi connectivity index (χ0v) is 23.6. The second kappa shape index (κ2) is 9.19. The van der Waals surface area contributed by atoms with Gasteiger partial charge in [0, 0.05) is 26.5 Å². The summed E-state index contributed by atoms with van der Waals surface area (Å²) in [6.07, 6.45) is 3.71. The highest BCUT2D eigenvalue weighted by atomic mass is 16.5. The minimum absolute atomic E-state index is 0.255. The van der Waals surface area contributed by atoms with Gasteiger partial charge in [-0.1, -0.05) is 24.3 Å².